The van der Waals surface area contributed by atoms with Crippen LogP contribution in [0.2, 0.25) is 0 Å². The highest BCUT2D eigenvalue weighted by atomic mass is 16.2. The number of carbonyl (C=O) groups is 3. The van der Waals surface area contributed by atoms with Gasteiger partial charge in [-0.15, -0.1) is 0 Å². The first-order valence-corrected chi connectivity index (χ1v) is 10.5. The van der Waals surface area contributed by atoms with Crippen LogP contribution in [0.3, 0.4) is 0 Å². The van der Waals surface area contributed by atoms with Crippen molar-refractivity contribution in [2.75, 3.05) is 5.32 Å². The first kappa shape index (κ1) is 21.5. The van der Waals surface area contributed by atoms with Crippen LogP contribution < -0.4 is 10.6 Å². The lowest BCUT2D eigenvalue weighted by Gasteiger charge is -2.23. The van der Waals surface area contributed by atoms with E-state index in [1.165, 1.54) is 12.5 Å². The number of amides is 2. The Hall–Kier alpha value is -3.21. The SMILES string of the molecule is C/C=C/C(=O)Nc1ccc(C=O)c(CC(=O)NC2CCCCC2)c1-c1ccccc1. The number of hydrogen-bond acceptors (Lipinski definition) is 3. The fourth-order valence-electron chi connectivity index (χ4n) is 4.02. The topological polar surface area (TPSA) is 75.3 Å². The summed E-state index contributed by atoms with van der Waals surface area (Å²) in [6, 6.07) is 13.1. The van der Waals surface area contributed by atoms with Crippen molar-refractivity contribution in [3.05, 3.63) is 65.7 Å². The van der Waals surface area contributed by atoms with Gasteiger partial charge in [-0.2, -0.15) is 0 Å². The molecule has 2 aromatic carbocycles. The lowest BCUT2D eigenvalue weighted by atomic mass is 9.91. The maximum atomic E-state index is 12.8. The molecule has 0 heterocycles. The summed E-state index contributed by atoms with van der Waals surface area (Å²) in [6.07, 6.45) is 9.43. The molecule has 0 aliphatic heterocycles. The Labute approximate surface area is 177 Å². The molecule has 156 valence electrons. The molecular weight excluding hydrogens is 376 g/mol. The maximum Gasteiger partial charge on any atom is 0.248 e. The largest absolute Gasteiger partial charge is 0.353 e. The van der Waals surface area contributed by atoms with Gasteiger partial charge in [-0.25, -0.2) is 0 Å². The van der Waals surface area contributed by atoms with Crippen LogP contribution >= 0.6 is 0 Å². The first-order chi connectivity index (χ1) is 14.6. The highest BCUT2D eigenvalue weighted by Gasteiger charge is 2.21. The Balaban J connectivity index is 1.99. The van der Waals surface area contributed by atoms with E-state index in [0.29, 0.717) is 22.4 Å². The summed E-state index contributed by atoms with van der Waals surface area (Å²) in [6.45, 7) is 1.77. The van der Waals surface area contributed by atoms with E-state index in [1.807, 2.05) is 30.3 Å². The standard InChI is InChI=1S/C25H28N2O3/c1-2-9-23(29)27-22-15-14-19(17-28)21(25(22)18-10-5-3-6-11-18)16-24(30)26-20-12-7-4-8-13-20/h2-3,5-6,9-11,14-15,17,20H,4,7-8,12-13,16H2,1H3,(H,26,30)(H,27,29)/b9-2+. The zero-order chi connectivity index (χ0) is 21.3. The molecule has 0 bridgehead atoms. The summed E-state index contributed by atoms with van der Waals surface area (Å²) in [5, 5.41) is 6.01. The highest BCUT2D eigenvalue weighted by molar-refractivity contribution is 6.04. The number of benzene rings is 2. The summed E-state index contributed by atoms with van der Waals surface area (Å²) in [7, 11) is 0. The van der Waals surface area contributed by atoms with E-state index in [9.17, 15) is 14.4 Å². The monoisotopic (exact) mass is 404 g/mol. The van der Waals surface area contributed by atoms with E-state index in [1.54, 1.807) is 25.1 Å². The molecule has 2 amide bonds. The quantitative estimate of drug-likeness (QED) is 0.520. The van der Waals surface area contributed by atoms with Crippen LogP contribution in [-0.2, 0) is 16.0 Å². The average Bonchev–Trinajstić information content (AvgIpc) is 2.75. The zero-order valence-corrected chi connectivity index (χ0v) is 17.3. The van der Waals surface area contributed by atoms with Crippen molar-refractivity contribution < 1.29 is 14.4 Å². The van der Waals surface area contributed by atoms with Gasteiger partial charge in [0.15, 0.2) is 0 Å². The number of carbonyl (C=O) groups excluding carboxylic acids is 3. The van der Waals surface area contributed by atoms with Crippen LogP contribution in [0.4, 0.5) is 5.69 Å². The molecule has 0 unspecified atom stereocenters. The van der Waals surface area contributed by atoms with E-state index < -0.39 is 0 Å². The van der Waals surface area contributed by atoms with E-state index in [4.69, 9.17) is 0 Å². The predicted octanol–water partition coefficient (Wildman–Crippen LogP) is 4.67. The number of allylic oxidation sites excluding steroid dienone is 1. The molecule has 3 rings (SSSR count). The molecule has 2 N–H and O–H groups in total. The molecule has 1 aliphatic rings. The van der Waals surface area contributed by atoms with Crippen LogP contribution in [0.5, 0.6) is 0 Å². The number of rotatable bonds is 7. The van der Waals surface area contributed by atoms with Gasteiger partial charge in [-0.1, -0.05) is 55.7 Å². The summed E-state index contributed by atoms with van der Waals surface area (Å²) >= 11 is 0. The van der Waals surface area contributed by atoms with Gasteiger partial charge < -0.3 is 10.6 Å². The summed E-state index contributed by atoms with van der Waals surface area (Å²) in [5.74, 6) is -0.356. The number of anilines is 1. The van der Waals surface area contributed by atoms with Crippen molar-refractivity contribution in [2.24, 2.45) is 0 Å². The number of aldehydes is 1. The van der Waals surface area contributed by atoms with E-state index in [0.717, 1.165) is 37.5 Å². The smallest absolute Gasteiger partial charge is 0.248 e. The van der Waals surface area contributed by atoms with Gasteiger partial charge in [0, 0.05) is 22.9 Å². The van der Waals surface area contributed by atoms with Gasteiger partial charge >= 0.3 is 0 Å². The van der Waals surface area contributed by atoms with Gasteiger partial charge in [0.05, 0.1) is 6.42 Å². The van der Waals surface area contributed by atoms with Crippen LogP contribution in [0.15, 0.2) is 54.6 Å². The van der Waals surface area contributed by atoms with E-state index in [-0.39, 0.29) is 24.3 Å². The third kappa shape index (κ3) is 5.44. The van der Waals surface area contributed by atoms with Gasteiger partial charge in [0.25, 0.3) is 0 Å². The Morgan fingerprint density at radius 2 is 1.77 bits per heavy atom. The Morgan fingerprint density at radius 1 is 1.03 bits per heavy atom. The summed E-state index contributed by atoms with van der Waals surface area (Å²) in [5.41, 5.74) is 3.21. The minimum atomic E-state index is -0.258. The predicted molar refractivity (Wildman–Crippen MR) is 119 cm³/mol. The fraction of sp³-hybridized carbons (Fsp3) is 0.320. The van der Waals surface area contributed by atoms with Crippen molar-refractivity contribution in [3.63, 3.8) is 0 Å². The van der Waals surface area contributed by atoms with E-state index in [2.05, 4.69) is 10.6 Å². The normalized spacial score (nSPS) is 14.4. The molecule has 0 spiro atoms. The summed E-state index contributed by atoms with van der Waals surface area (Å²) in [4.78, 5) is 36.8. The molecule has 0 aromatic heterocycles. The Kier molecular flexibility index (Phi) is 7.55. The first-order valence-electron chi connectivity index (χ1n) is 10.5. The van der Waals surface area contributed by atoms with Gasteiger partial charge in [0.2, 0.25) is 11.8 Å². The average molecular weight is 405 g/mol. The molecule has 30 heavy (non-hydrogen) atoms. The molecule has 0 radical (unpaired) electrons. The lowest BCUT2D eigenvalue weighted by molar-refractivity contribution is -0.121. The van der Waals surface area contributed by atoms with Crippen LogP contribution in [-0.4, -0.2) is 24.1 Å². The number of hydrogen-bond donors (Lipinski definition) is 2. The van der Waals surface area contributed by atoms with Gasteiger partial charge in [-0.3, -0.25) is 14.4 Å². The number of nitrogens with one attached hydrogen (secondary N) is 2. The molecule has 1 fully saturated rings. The van der Waals surface area contributed by atoms with E-state index >= 15 is 0 Å². The second-order valence-electron chi connectivity index (χ2n) is 7.61. The Morgan fingerprint density at radius 3 is 2.43 bits per heavy atom. The molecule has 5 nitrogen and oxygen atoms in total. The Bertz CT molecular complexity index is 929. The molecule has 0 saturated heterocycles. The minimum Gasteiger partial charge on any atom is -0.353 e. The molecule has 5 heteroatoms. The van der Waals surface area contributed by atoms with Gasteiger partial charge in [-0.05, 0) is 49.1 Å². The van der Waals surface area contributed by atoms with Crippen molar-refractivity contribution in [1.29, 1.82) is 0 Å². The maximum absolute atomic E-state index is 12.8. The minimum absolute atomic E-state index is 0.0854. The van der Waals surface area contributed by atoms with Gasteiger partial charge in [0.1, 0.15) is 6.29 Å². The summed E-state index contributed by atoms with van der Waals surface area (Å²) < 4.78 is 0. The van der Waals surface area contributed by atoms with Crippen molar-refractivity contribution in [1.82, 2.24) is 5.32 Å². The molecule has 1 aliphatic carbocycles. The van der Waals surface area contributed by atoms with Crippen LogP contribution in [0.25, 0.3) is 11.1 Å². The van der Waals surface area contributed by atoms with Crippen molar-refractivity contribution in [2.45, 2.75) is 51.5 Å². The van der Waals surface area contributed by atoms with Crippen molar-refractivity contribution >= 4 is 23.8 Å². The second kappa shape index (κ2) is 10.5. The molecular formula is C25H28N2O3. The highest BCUT2D eigenvalue weighted by Crippen LogP contribution is 2.34. The molecule has 1 saturated carbocycles. The second-order valence-corrected chi connectivity index (χ2v) is 7.61. The molecule has 2 aromatic rings. The van der Waals surface area contributed by atoms with Crippen LogP contribution in [0, 0.1) is 0 Å². The van der Waals surface area contributed by atoms with Crippen LogP contribution in [0.1, 0.15) is 54.9 Å². The third-order valence-corrected chi connectivity index (χ3v) is 5.42. The fourth-order valence-corrected chi connectivity index (χ4v) is 4.02. The third-order valence-electron chi connectivity index (χ3n) is 5.42. The zero-order valence-electron chi connectivity index (χ0n) is 17.3. The molecule has 0 atom stereocenters. The van der Waals surface area contributed by atoms with Crippen molar-refractivity contribution in [3.8, 4) is 11.1 Å². The lowest BCUT2D eigenvalue weighted by Crippen LogP contribution is -2.37.